The molecule has 0 aliphatic heterocycles. The average molecular weight is 613 g/mol. The second kappa shape index (κ2) is 12.1. The van der Waals surface area contributed by atoms with Crippen molar-refractivity contribution in [3.63, 3.8) is 0 Å². The second-order valence-corrected chi connectivity index (χ2v) is 11.8. The molecule has 0 unspecified atom stereocenters. The van der Waals surface area contributed by atoms with Crippen LogP contribution in [0.15, 0.2) is 107 Å². The van der Waals surface area contributed by atoms with Crippen LogP contribution in [0.2, 0.25) is 10.0 Å². The van der Waals surface area contributed by atoms with Gasteiger partial charge in [-0.15, -0.1) is 11.8 Å². The Morgan fingerprint density at radius 1 is 0.905 bits per heavy atom. The fourth-order valence-electron chi connectivity index (χ4n) is 5.11. The molecular formula is C34H27Cl2N3O2S. The van der Waals surface area contributed by atoms with Crippen LogP contribution in [0.4, 0.5) is 10.5 Å². The highest BCUT2D eigenvalue weighted by atomic mass is 35.5. The number of aryl methyl sites for hydroxylation is 1. The lowest BCUT2D eigenvalue weighted by Gasteiger charge is -2.24. The molecule has 0 saturated carbocycles. The number of hydrogen-bond donors (Lipinski definition) is 1. The number of carbonyl (C=O) groups is 1. The first-order chi connectivity index (χ1) is 20.4. The smallest absolute Gasteiger partial charge is 0.322 e. The monoisotopic (exact) mass is 611 g/mol. The fourth-order valence-corrected chi connectivity index (χ4v) is 5.93. The molecule has 0 fully saturated rings. The Hall–Kier alpha value is -3.97. The number of nitrogens with zero attached hydrogens (tertiary/aromatic N) is 2. The average Bonchev–Trinajstić information content (AvgIpc) is 3.35. The molecule has 0 aliphatic rings. The zero-order valence-corrected chi connectivity index (χ0v) is 25.4. The molecule has 0 bridgehead atoms. The summed E-state index contributed by atoms with van der Waals surface area (Å²) in [5.74, 6) is 0.687. The van der Waals surface area contributed by atoms with E-state index >= 15 is 0 Å². The number of anilines is 1. The lowest BCUT2D eigenvalue weighted by atomic mass is 10.0. The third kappa shape index (κ3) is 5.84. The Morgan fingerprint density at radius 3 is 2.38 bits per heavy atom. The molecule has 6 rings (SSSR count). The number of rotatable bonds is 7. The number of pyridine rings is 1. The summed E-state index contributed by atoms with van der Waals surface area (Å²) in [4.78, 5) is 21.4. The first kappa shape index (κ1) is 28.2. The number of hydrogen-bond acceptors (Lipinski definition) is 4. The van der Waals surface area contributed by atoms with Crippen molar-refractivity contribution in [1.82, 2.24) is 9.88 Å². The van der Waals surface area contributed by atoms with Gasteiger partial charge in [0.15, 0.2) is 0 Å². The van der Waals surface area contributed by atoms with E-state index in [2.05, 4.69) is 23.3 Å². The third-order valence-corrected chi connectivity index (χ3v) is 8.44. The molecule has 1 N–H and O–H groups in total. The zero-order valence-electron chi connectivity index (χ0n) is 23.0. The summed E-state index contributed by atoms with van der Waals surface area (Å²) in [7, 11) is 0. The van der Waals surface area contributed by atoms with Crippen molar-refractivity contribution < 1.29 is 9.21 Å². The molecule has 42 heavy (non-hydrogen) atoms. The Balaban J connectivity index is 1.43. The minimum Gasteiger partial charge on any atom is -0.459 e. The minimum atomic E-state index is -0.254. The number of aromatic nitrogens is 1. The molecule has 2 amide bonds. The molecule has 5 nitrogen and oxygen atoms in total. The van der Waals surface area contributed by atoms with Crippen LogP contribution in [-0.4, -0.2) is 22.2 Å². The number of urea groups is 1. The predicted molar refractivity (Wildman–Crippen MR) is 175 cm³/mol. The first-order valence-electron chi connectivity index (χ1n) is 13.4. The van der Waals surface area contributed by atoms with Gasteiger partial charge in [0.25, 0.3) is 0 Å². The summed E-state index contributed by atoms with van der Waals surface area (Å²) in [5.41, 5.74) is 6.28. The van der Waals surface area contributed by atoms with Crippen molar-refractivity contribution in [3.8, 4) is 11.1 Å². The normalized spacial score (nSPS) is 11.2. The van der Waals surface area contributed by atoms with Crippen molar-refractivity contribution in [2.24, 2.45) is 0 Å². The number of benzene rings is 4. The van der Waals surface area contributed by atoms with Crippen LogP contribution in [0, 0.1) is 6.92 Å². The Bertz CT molecular complexity index is 1900. The SMILES string of the molecule is CSc1ccc2ncccc2c1NC(=O)N(Cc1ccc(Cl)cc1)Cc1oc2ccc(C)cc2c1-c1ccc(Cl)cc1. The molecule has 2 heterocycles. The van der Waals surface area contributed by atoms with Gasteiger partial charge in [0.2, 0.25) is 0 Å². The third-order valence-electron chi connectivity index (χ3n) is 7.16. The number of thioether (sulfide) groups is 1. The highest BCUT2D eigenvalue weighted by Gasteiger charge is 2.23. The summed E-state index contributed by atoms with van der Waals surface area (Å²) in [6, 6.07) is 28.9. The standard InChI is InChI=1S/C34H27Cl2N3O2S/c1-21-5-15-29-27(18-21)32(23-8-12-25(36)13-9-23)30(41-29)20-39(19-22-6-10-24(35)11-7-22)34(40)38-33-26-4-3-17-37-28(26)14-16-31(33)42-2/h3-18H,19-20H2,1-2H3,(H,38,40). The van der Waals surface area contributed by atoms with E-state index in [0.717, 1.165) is 54.7 Å². The number of amides is 2. The molecule has 0 saturated heterocycles. The maximum atomic E-state index is 14.2. The van der Waals surface area contributed by atoms with Crippen LogP contribution >= 0.6 is 35.0 Å². The molecule has 210 valence electrons. The molecule has 0 atom stereocenters. The number of halogens is 2. The molecular weight excluding hydrogens is 585 g/mol. The maximum absolute atomic E-state index is 14.2. The number of furan rings is 1. The predicted octanol–water partition coefficient (Wildman–Crippen LogP) is 10.2. The van der Waals surface area contributed by atoms with Gasteiger partial charge in [0.05, 0.1) is 17.7 Å². The largest absolute Gasteiger partial charge is 0.459 e. The van der Waals surface area contributed by atoms with Crippen LogP contribution in [0.1, 0.15) is 16.9 Å². The molecule has 0 spiro atoms. The van der Waals surface area contributed by atoms with E-state index in [9.17, 15) is 4.79 Å². The highest BCUT2D eigenvalue weighted by Crippen LogP contribution is 2.38. The zero-order chi connectivity index (χ0) is 29.2. The second-order valence-electron chi connectivity index (χ2n) is 10.0. The quantitative estimate of drug-likeness (QED) is 0.182. The Labute approximate surface area is 258 Å². The summed E-state index contributed by atoms with van der Waals surface area (Å²) in [5, 5.41) is 6.37. The summed E-state index contributed by atoms with van der Waals surface area (Å²) in [6.45, 7) is 2.63. The van der Waals surface area contributed by atoms with E-state index in [1.54, 1.807) is 22.9 Å². The Morgan fingerprint density at radius 2 is 1.64 bits per heavy atom. The van der Waals surface area contributed by atoms with E-state index in [1.165, 1.54) is 0 Å². The molecule has 4 aromatic carbocycles. The van der Waals surface area contributed by atoms with Crippen molar-refractivity contribution in [3.05, 3.63) is 124 Å². The Kier molecular flexibility index (Phi) is 8.11. The van der Waals surface area contributed by atoms with Gasteiger partial charge in [0, 0.05) is 44.0 Å². The van der Waals surface area contributed by atoms with Crippen LogP contribution < -0.4 is 5.32 Å². The van der Waals surface area contributed by atoms with Gasteiger partial charge in [-0.25, -0.2) is 4.79 Å². The van der Waals surface area contributed by atoms with Crippen LogP contribution in [0.5, 0.6) is 0 Å². The van der Waals surface area contributed by atoms with E-state index < -0.39 is 0 Å². The van der Waals surface area contributed by atoms with Gasteiger partial charge < -0.3 is 14.6 Å². The van der Waals surface area contributed by atoms with Gasteiger partial charge in [-0.05, 0) is 85.0 Å². The van der Waals surface area contributed by atoms with Crippen LogP contribution in [-0.2, 0) is 13.1 Å². The van der Waals surface area contributed by atoms with E-state index in [-0.39, 0.29) is 12.6 Å². The summed E-state index contributed by atoms with van der Waals surface area (Å²) < 4.78 is 6.45. The summed E-state index contributed by atoms with van der Waals surface area (Å²) in [6.07, 6.45) is 3.74. The number of carbonyl (C=O) groups excluding carboxylic acids is 1. The van der Waals surface area contributed by atoms with Gasteiger partial charge in [-0.1, -0.05) is 59.1 Å². The van der Waals surface area contributed by atoms with Crippen molar-refractivity contribution in [2.75, 3.05) is 11.6 Å². The fraction of sp³-hybridized carbons (Fsp3) is 0.118. The van der Waals surface area contributed by atoms with E-state index in [1.807, 2.05) is 91.2 Å². The molecule has 6 aromatic rings. The van der Waals surface area contributed by atoms with Gasteiger partial charge in [-0.3, -0.25) is 4.98 Å². The van der Waals surface area contributed by atoms with Gasteiger partial charge in [-0.2, -0.15) is 0 Å². The van der Waals surface area contributed by atoms with E-state index in [4.69, 9.17) is 27.6 Å². The topological polar surface area (TPSA) is 58.4 Å². The molecule has 2 aromatic heterocycles. The maximum Gasteiger partial charge on any atom is 0.322 e. The van der Waals surface area contributed by atoms with Crippen molar-refractivity contribution in [2.45, 2.75) is 24.9 Å². The van der Waals surface area contributed by atoms with Gasteiger partial charge >= 0.3 is 6.03 Å². The lowest BCUT2D eigenvalue weighted by molar-refractivity contribution is 0.202. The number of nitrogens with one attached hydrogen (secondary N) is 1. The molecule has 0 aliphatic carbocycles. The minimum absolute atomic E-state index is 0.234. The molecule has 8 heteroatoms. The highest BCUT2D eigenvalue weighted by molar-refractivity contribution is 7.98. The van der Waals surface area contributed by atoms with Crippen LogP contribution in [0.3, 0.4) is 0 Å². The van der Waals surface area contributed by atoms with Gasteiger partial charge in [0.1, 0.15) is 11.3 Å². The summed E-state index contributed by atoms with van der Waals surface area (Å²) >= 11 is 14.0. The van der Waals surface area contributed by atoms with Crippen LogP contribution in [0.25, 0.3) is 33.0 Å². The van der Waals surface area contributed by atoms with Crippen molar-refractivity contribution >= 4 is 68.6 Å². The molecule has 0 radical (unpaired) electrons. The van der Waals surface area contributed by atoms with E-state index in [0.29, 0.717) is 22.4 Å². The first-order valence-corrected chi connectivity index (χ1v) is 15.4. The number of fused-ring (bicyclic) bond motifs is 2. The lowest BCUT2D eigenvalue weighted by Crippen LogP contribution is -2.34. The van der Waals surface area contributed by atoms with Crippen molar-refractivity contribution in [1.29, 1.82) is 0 Å².